The Labute approximate surface area is 132 Å². The second-order valence-corrected chi connectivity index (χ2v) is 6.12. The molecule has 0 aromatic heterocycles. The number of hydrogen-bond acceptors (Lipinski definition) is 5. The molecule has 0 aliphatic carbocycles. The molecule has 0 saturated carbocycles. The highest BCUT2D eigenvalue weighted by molar-refractivity contribution is 7.89. The van der Waals surface area contributed by atoms with Crippen LogP contribution >= 0.6 is 12.4 Å². The van der Waals surface area contributed by atoms with E-state index in [0.29, 0.717) is 25.5 Å². The molecular weight excluding hydrogens is 316 g/mol. The van der Waals surface area contributed by atoms with Crippen molar-refractivity contribution in [1.82, 2.24) is 10.0 Å². The van der Waals surface area contributed by atoms with Crippen LogP contribution in [0.5, 0.6) is 5.75 Å². The molecule has 0 radical (unpaired) electrons. The molecule has 0 spiro atoms. The topological polar surface area (TPSA) is 76.7 Å². The Morgan fingerprint density at radius 2 is 1.81 bits per heavy atom. The minimum absolute atomic E-state index is 0. The van der Waals surface area contributed by atoms with Gasteiger partial charge in [-0.1, -0.05) is 0 Å². The van der Waals surface area contributed by atoms with Gasteiger partial charge in [0.15, 0.2) is 0 Å². The lowest BCUT2D eigenvalue weighted by molar-refractivity contribution is 0.146. The second kappa shape index (κ2) is 9.97. The predicted molar refractivity (Wildman–Crippen MR) is 84.8 cm³/mol. The summed E-state index contributed by atoms with van der Waals surface area (Å²) in [6.07, 6.45) is 0. The molecule has 0 saturated heterocycles. The van der Waals surface area contributed by atoms with Crippen molar-refractivity contribution >= 4 is 22.4 Å². The molecule has 0 aliphatic rings. The molecule has 2 N–H and O–H groups in total. The Bertz CT molecular complexity index is 493. The number of sulfonamides is 1. The van der Waals surface area contributed by atoms with Crippen molar-refractivity contribution in [2.24, 2.45) is 0 Å². The summed E-state index contributed by atoms with van der Waals surface area (Å²) in [5, 5.41) is 2.97. The van der Waals surface area contributed by atoms with E-state index in [1.807, 2.05) is 6.92 Å². The molecule has 1 unspecified atom stereocenters. The molecule has 0 aliphatic heterocycles. The largest absolute Gasteiger partial charge is 0.491 e. The van der Waals surface area contributed by atoms with Crippen LogP contribution in [-0.2, 0) is 14.8 Å². The van der Waals surface area contributed by atoms with Crippen LogP contribution in [0, 0.1) is 0 Å². The summed E-state index contributed by atoms with van der Waals surface area (Å²) in [7, 11) is -0.101. The number of rotatable bonds is 9. The predicted octanol–water partition coefficient (Wildman–Crippen LogP) is 1.02. The highest BCUT2D eigenvalue weighted by Gasteiger charge is 2.14. The van der Waals surface area contributed by atoms with Crippen molar-refractivity contribution in [2.45, 2.75) is 17.9 Å². The van der Waals surface area contributed by atoms with Gasteiger partial charge in [0.2, 0.25) is 10.0 Å². The Morgan fingerprint density at radius 3 is 2.33 bits per heavy atom. The lowest BCUT2D eigenvalue weighted by Gasteiger charge is -2.12. The zero-order chi connectivity index (χ0) is 15.0. The van der Waals surface area contributed by atoms with E-state index in [0.717, 1.165) is 0 Å². The highest BCUT2D eigenvalue weighted by Crippen LogP contribution is 2.15. The fraction of sp³-hybridized carbons (Fsp3) is 0.538. The molecule has 1 aromatic rings. The third-order valence-electron chi connectivity index (χ3n) is 2.76. The number of halogens is 1. The summed E-state index contributed by atoms with van der Waals surface area (Å²) >= 11 is 0. The van der Waals surface area contributed by atoms with Crippen molar-refractivity contribution in [2.75, 3.05) is 33.9 Å². The number of likely N-dealkylation sites (N-methyl/N-ethyl adjacent to an activating group) is 1. The van der Waals surface area contributed by atoms with Crippen molar-refractivity contribution in [3.63, 3.8) is 0 Å². The summed E-state index contributed by atoms with van der Waals surface area (Å²) in [6.45, 7) is 3.16. The number of ether oxygens (including phenoxy) is 2. The van der Waals surface area contributed by atoms with E-state index >= 15 is 0 Å². The molecular formula is C13H23ClN2O4S. The maximum Gasteiger partial charge on any atom is 0.240 e. The lowest BCUT2D eigenvalue weighted by Crippen LogP contribution is -2.37. The Morgan fingerprint density at radius 1 is 1.19 bits per heavy atom. The fourth-order valence-corrected chi connectivity index (χ4v) is 2.51. The molecule has 122 valence electrons. The monoisotopic (exact) mass is 338 g/mol. The summed E-state index contributed by atoms with van der Waals surface area (Å²) in [4.78, 5) is 0.222. The molecule has 6 nitrogen and oxygen atoms in total. The minimum atomic E-state index is -3.48. The van der Waals surface area contributed by atoms with Gasteiger partial charge in [-0.05, 0) is 38.2 Å². The molecule has 1 atom stereocenters. The Hall–Kier alpha value is -0.860. The standard InChI is InChI=1S/C13H22N2O4S.ClH/c1-11(14-2)10-15-20(16,17)13-6-4-12(5-7-13)19-9-8-18-3;/h4-7,11,14-15H,8-10H2,1-3H3;1H. The van der Waals surface area contributed by atoms with E-state index < -0.39 is 10.0 Å². The minimum Gasteiger partial charge on any atom is -0.491 e. The molecule has 8 heteroatoms. The third-order valence-corrected chi connectivity index (χ3v) is 4.20. The molecule has 0 heterocycles. The van der Waals surface area contributed by atoms with Gasteiger partial charge in [-0.25, -0.2) is 13.1 Å². The van der Waals surface area contributed by atoms with Crippen molar-refractivity contribution < 1.29 is 17.9 Å². The van der Waals surface area contributed by atoms with E-state index in [2.05, 4.69) is 10.0 Å². The SMILES string of the molecule is CNC(C)CNS(=O)(=O)c1ccc(OCCOC)cc1.Cl. The number of hydrogen-bond donors (Lipinski definition) is 2. The maximum atomic E-state index is 12.0. The van der Waals surface area contributed by atoms with Crippen LogP contribution in [0.2, 0.25) is 0 Å². The van der Waals surface area contributed by atoms with Crippen LogP contribution in [0.15, 0.2) is 29.2 Å². The summed E-state index contributed by atoms with van der Waals surface area (Å²) in [5.41, 5.74) is 0. The molecule has 21 heavy (non-hydrogen) atoms. The van der Waals surface area contributed by atoms with Crippen LogP contribution in [0.3, 0.4) is 0 Å². The molecule has 1 rings (SSSR count). The first kappa shape index (κ1) is 20.1. The molecule has 0 amide bonds. The molecule has 1 aromatic carbocycles. The van der Waals surface area contributed by atoms with Gasteiger partial charge in [0.25, 0.3) is 0 Å². The van der Waals surface area contributed by atoms with Crippen molar-refractivity contribution in [3.8, 4) is 5.75 Å². The zero-order valence-electron chi connectivity index (χ0n) is 12.5. The second-order valence-electron chi connectivity index (χ2n) is 4.35. The Kier molecular flexibility index (Phi) is 9.56. The highest BCUT2D eigenvalue weighted by atomic mass is 35.5. The normalized spacial score (nSPS) is 12.5. The van der Waals surface area contributed by atoms with Gasteiger partial charge in [0, 0.05) is 19.7 Å². The van der Waals surface area contributed by atoms with E-state index in [9.17, 15) is 8.42 Å². The van der Waals surface area contributed by atoms with Crippen LogP contribution in [-0.4, -0.2) is 48.4 Å². The third kappa shape index (κ3) is 7.10. The summed E-state index contributed by atoms with van der Waals surface area (Å²) in [6, 6.07) is 6.38. The number of methoxy groups -OCH3 is 1. The number of nitrogens with one attached hydrogen (secondary N) is 2. The summed E-state index contributed by atoms with van der Waals surface area (Å²) < 4.78 is 36.8. The van der Waals surface area contributed by atoms with Crippen LogP contribution in [0.4, 0.5) is 0 Å². The Balaban J connectivity index is 0.00000400. The molecule has 0 fully saturated rings. The van der Waals surface area contributed by atoms with Gasteiger partial charge in [-0.15, -0.1) is 12.4 Å². The van der Waals surface area contributed by atoms with Gasteiger partial charge >= 0.3 is 0 Å². The van der Waals surface area contributed by atoms with Crippen LogP contribution in [0.1, 0.15) is 6.92 Å². The average Bonchev–Trinajstić information content (AvgIpc) is 2.45. The van der Waals surface area contributed by atoms with Gasteiger partial charge in [0.05, 0.1) is 11.5 Å². The first-order chi connectivity index (χ1) is 9.49. The smallest absolute Gasteiger partial charge is 0.240 e. The first-order valence-electron chi connectivity index (χ1n) is 6.38. The van der Waals surface area contributed by atoms with Gasteiger partial charge < -0.3 is 14.8 Å². The van der Waals surface area contributed by atoms with E-state index in [4.69, 9.17) is 9.47 Å². The number of benzene rings is 1. The van der Waals surface area contributed by atoms with Gasteiger partial charge in [0.1, 0.15) is 12.4 Å². The quantitative estimate of drug-likeness (QED) is 0.657. The average molecular weight is 339 g/mol. The maximum absolute atomic E-state index is 12.0. The van der Waals surface area contributed by atoms with Crippen molar-refractivity contribution in [3.05, 3.63) is 24.3 Å². The zero-order valence-corrected chi connectivity index (χ0v) is 14.1. The van der Waals surface area contributed by atoms with E-state index in [1.165, 1.54) is 12.1 Å². The van der Waals surface area contributed by atoms with Crippen LogP contribution in [0.25, 0.3) is 0 Å². The summed E-state index contributed by atoms with van der Waals surface area (Å²) in [5.74, 6) is 0.615. The van der Waals surface area contributed by atoms with E-state index in [1.54, 1.807) is 26.3 Å². The molecule has 0 bridgehead atoms. The lowest BCUT2D eigenvalue weighted by atomic mass is 10.3. The van der Waals surface area contributed by atoms with Gasteiger partial charge in [-0.2, -0.15) is 0 Å². The first-order valence-corrected chi connectivity index (χ1v) is 7.86. The van der Waals surface area contributed by atoms with Gasteiger partial charge in [-0.3, -0.25) is 0 Å². The van der Waals surface area contributed by atoms with Crippen molar-refractivity contribution in [1.29, 1.82) is 0 Å². The van der Waals surface area contributed by atoms with Crippen LogP contribution < -0.4 is 14.8 Å². The van der Waals surface area contributed by atoms with E-state index in [-0.39, 0.29) is 23.3 Å². The fourth-order valence-electron chi connectivity index (χ4n) is 1.38.